The number of rotatable bonds is 7. The number of carbonyl (C=O) groups is 1. The average Bonchev–Trinajstić information content (AvgIpc) is 3.01. The van der Waals surface area contributed by atoms with Gasteiger partial charge < -0.3 is 10.4 Å². The highest BCUT2D eigenvalue weighted by molar-refractivity contribution is 5.66. The SMILES string of the molecule is O=C(O)CCn1ccc(CCC[C@@H]2CCc3cccnc3N2)n1. The van der Waals surface area contributed by atoms with Crippen molar-refractivity contribution >= 4 is 11.8 Å². The second-order valence-corrected chi connectivity index (χ2v) is 6.00. The number of aryl methyl sites for hydroxylation is 3. The fraction of sp³-hybridized carbons (Fsp3) is 0.471. The molecule has 1 aliphatic rings. The first-order valence-corrected chi connectivity index (χ1v) is 8.15. The lowest BCUT2D eigenvalue weighted by atomic mass is 9.97. The molecule has 0 aromatic carbocycles. The summed E-state index contributed by atoms with van der Waals surface area (Å²) in [5.74, 6) is 0.237. The maximum absolute atomic E-state index is 10.6. The van der Waals surface area contributed by atoms with Crippen LogP contribution in [-0.4, -0.2) is 31.9 Å². The highest BCUT2D eigenvalue weighted by Gasteiger charge is 2.17. The molecule has 0 spiro atoms. The molecule has 6 nitrogen and oxygen atoms in total. The zero-order chi connectivity index (χ0) is 16.1. The Hall–Kier alpha value is -2.37. The van der Waals surface area contributed by atoms with Crippen molar-refractivity contribution in [3.8, 4) is 0 Å². The summed E-state index contributed by atoms with van der Waals surface area (Å²) in [5.41, 5.74) is 2.34. The van der Waals surface area contributed by atoms with Crippen LogP contribution in [0.5, 0.6) is 0 Å². The number of aliphatic carboxylic acids is 1. The van der Waals surface area contributed by atoms with Gasteiger partial charge in [-0.25, -0.2) is 4.98 Å². The molecule has 2 N–H and O–H groups in total. The molecule has 2 aromatic rings. The minimum absolute atomic E-state index is 0.111. The Morgan fingerprint density at radius 2 is 2.35 bits per heavy atom. The lowest BCUT2D eigenvalue weighted by Gasteiger charge is -2.25. The summed E-state index contributed by atoms with van der Waals surface area (Å²) in [6.07, 6.45) is 9.12. The van der Waals surface area contributed by atoms with E-state index in [0.717, 1.165) is 43.6 Å². The van der Waals surface area contributed by atoms with Gasteiger partial charge in [0.2, 0.25) is 0 Å². The molecule has 6 heteroatoms. The Morgan fingerprint density at radius 3 is 3.22 bits per heavy atom. The zero-order valence-corrected chi connectivity index (χ0v) is 13.1. The number of nitrogens with one attached hydrogen (secondary N) is 1. The number of carboxylic acid groups (broad SMARTS) is 1. The predicted molar refractivity (Wildman–Crippen MR) is 87.4 cm³/mol. The van der Waals surface area contributed by atoms with Crippen LogP contribution < -0.4 is 5.32 Å². The number of hydrogen-bond acceptors (Lipinski definition) is 4. The molecule has 23 heavy (non-hydrogen) atoms. The fourth-order valence-corrected chi connectivity index (χ4v) is 2.98. The minimum Gasteiger partial charge on any atom is -0.481 e. The van der Waals surface area contributed by atoms with E-state index >= 15 is 0 Å². The standard InChI is InChI=1S/C17H22N4O2/c22-16(23)9-12-21-11-8-15(20-21)5-1-4-14-7-6-13-3-2-10-18-17(13)19-14/h2-3,8,10-11,14H,1,4-7,9,12H2,(H,18,19)(H,22,23)/t14-/m1/s1. The fourth-order valence-electron chi connectivity index (χ4n) is 2.98. The Morgan fingerprint density at radius 1 is 1.43 bits per heavy atom. The molecule has 0 amide bonds. The van der Waals surface area contributed by atoms with Crippen LogP contribution in [0, 0.1) is 0 Å². The lowest BCUT2D eigenvalue weighted by Crippen LogP contribution is -2.26. The molecule has 0 saturated carbocycles. The van der Waals surface area contributed by atoms with Crippen LogP contribution in [0.25, 0.3) is 0 Å². The van der Waals surface area contributed by atoms with E-state index in [1.165, 1.54) is 5.56 Å². The first kappa shape index (κ1) is 15.5. The van der Waals surface area contributed by atoms with Gasteiger partial charge in [0.25, 0.3) is 0 Å². The lowest BCUT2D eigenvalue weighted by molar-refractivity contribution is -0.137. The number of aromatic nitrogens is 3. The van der Waals surface area contributed by atoms with Crippen molar-refractivity contribution in [1.29, 1.82) is 0 Å². The van der Waals surface area contributed by atoms with Gasteiger partial charge in [-0.3, -0.25) is 9.48 Å². The number of anilines is 1. The molecule has 0 saturated heterocycles. The van der Waals surface area contributed by atoms with Crippen LogP contribution in [0.15, 0.2) is 30.6 Å². The van der Waals surface area contributed by atoms with Gasteiger partial charge in [-0.2, -0.15) is 5.10 Å². The van der Waals surface area contributed by atoms with E-state index in [1.54, 1.807) is 4.68 Å². The van der Waals surface area contributed by atoms with Gasteiger partial charge in [0.05, 0.1) is 18.7 Å². The maximum Gasteiger partial charge on any atom is 0.305 e. The molecular formula is C17H22N4O2. The predicted octanol–water partition coefficient (Wildman–Crippen LogP) is 2.50. The number of nitrogens with zero attached hydrogens (tertiary/aromatic N) is 3. The molecular weight excluding hydrogens is 292 g/mol. The van der Waals surface area contributed by atoms with Crippen molar-refractivity contribution in [3.05, 3.63) is 41.9 Å². The maximum atomic E-state index is 10.6. The van der Waals surface area contributed by atoms with Crippen LogP contribution in [0.2, 0.25) is 0 Å². The van der Waals surface area contributed by atoms with E-state index in [0.29, 0.717) is 12.6 Å². The van der Waals surface area contributed by atoms with Crippen LogP contribution in [0.3, 0.4) is 0 Å². The van der Waals surface area contributed by atoms with Crippen molar-refractivity contribution in [3.63, 3.8) is 0 Å². The highest BCUT2D eigenvalue weighted by atomic mass is 16.4. The summed E-state index contributed by atoms with van der Waals surface area (Å²) in [5, 5.41) is 16.6. The summed E-state index contributed by atoms with van der Waals surface area (Å²) < 4.78 is 1.71. The average molecular weight is 314 g/mol. The van der Waals surface area contributed by atoms with Gasteiger partial charge in [-0.1, -0.05) is 6.07 Å². The molecule has 0 unspecified atom stereocenters. The molecule has 1 aliphatic heterocycles. The number of hydrogen-bond donors (Lipinski definition) is 2. The molecule has 1 atom stereocenters. The van der Waals surface area contributed by atoms with Crippen molar-refractivity contribution in [2.75, 3.05) is 5.32 Å². The largest absolute Gasteiger partial charge is 0.481 e. The van der Waals surface area contributed by atoms with Crippen molar-refractivity contribution in [1.82, 2.24) is 14.8 Å². The second kappa shape index (κ2) is 7.26. The Labute approximate surface area is 135 Å². The zero-order valence-electron chi connectivity index (χ0n) is 13.1. The van der Waals surface area contributed by atoms with Gasteiger partial charge in [0.15, 0.2) is 0 Å². The third-order valence-corrected chi connectivity index (χ3v) is 4.23. The van der Waals surface area contributed by atoms with Gasteiger partial charge >= 0.3 is 5.97 Å². The monoisotopic (exact) mass is 314 g/mol. The van der Waals surface area contributed by atoms with E-state index in [2.05, 4.69) is 21.5 Å². The van der Waals surface area contributed by atoms with Crippen LogP contribution in [0.4, 0.5) is 5.82 Å². The third-order valence-electron chi connectivity index (χ3n) is 4.23. The van der Waals surface area contributed by atoms with Gasteiger partial charge in [-0.15, -0.1) is 0 Å². The molecule has 3 rings (SSSR count). The van der Waals surface area contributed by atoms with Crippen LogP contribution in [0.1, 0.15) is 36.9 Å². The smallest absolute Gasteiger partial charge is 0.305 e. The van der Waals surface area contributed by atoms with E-state index in [-0.39, 0.29) is 6.42 Å². The van der Waals surface area contributed by atoms with Crippen LogP contribution in [-0.2, 0) is 24.2 Å². The summed E-state index contributed by atoms with van der Waals surface area (Å²) in [6.45, 7) is 0.433. The Balaban J connectivity index is 1.43. The molecule has 0 bridgehead atoms. The van der Waals surface area contributed by atoms with E-state index in [9.17, 15) is 4.79 Å². The quantitative estimate of drug-likeness (QED) is 0.821. The van der Waals surface area contributed by atoms with Gasteiger partial charge in [-0.05, 0) is 49.8 Å². The molecule has 2 aromatic heterocycles. The Kier molecular flexibility index (Phi) is 4.90. The number of carboxylic acids is 1. The van der Waals surface area contributed by atoms with Crippen molar-refractivity contribution in [2.45, 2.75) is 51.1 Å². The third kappa shape index (κ3) is 4.31. The van der Waals surface area contributed by atoms with E-state index in [1.807, 2.05) is 24.5 Å². The summed E-state index contributed by atoms with van der Waals surface area (Å²) in [7, 11) is 0. The van der Waals surface area contributed by atoms with Crippen LogP contribution >= 0.6 is 0 Å². The molecule has 0 fully saturated rings. The summed E-state index contributed by atoms with van der Waals surface area (Å²) in [6, 6.07) is 6.58. The number of fused-ring (bicyclic) bond motifs is 1. The topological polar surface area (TPSA) is 80.0 Å². The molecule has 0 radical (unpaired) electrons. The molecule has 3 heterocycles. The normalized spacial score (nSPS) is 16.6. The minimum atomic E-state index is -0.792. The molecule has 122 valence electrons. The first-order chi connectivity index (χ1) is 11.2. The second-order valence-electron chi connectivity index (χ2n) is 6.00. The van der Waals surface area contributed by atoms with E-state index in [4.69, 9.17) is 5.11 Å². The van der Waals surface area contributed by atoms with E-state index < -0.39 is 5.97 Å². The number of pyridine rings is 1. The van der Waals surface area contributed by atoms with Crippen molar-refractivity contribution < 1.29 is 9.90 Å². The first-order valence-electron chi connectivity index (χ1n) is 8.15. The van der Waals surface area contributed by atoms with Gasteiger partial charge in [0, 0.05) is 18.4 Å². The van der Waals surface area contributed by atoms with Gasteiger partial charge in [0.1, 0.15) is 5.82 Å². The highest BCUT2D eigenvalue weighted by Crippen LogP contribution is 2.24. The van der Waals surface area contributed by atoms with Crippen molar-refractivity contribution in [2.24, 2.45) is 0 Å². The summed E-state index contributed by atoms with van der Waals surface area (Å²) >= 11 is 0. The molecule has 0 aliphatic carbocycles. The summed E-state index contributed by atoms with van der Waals surface area (Å²) in [4.78, 5) is 15.0. The Bertz CT molecular complexity index is 668.